The highest BCUT2D eigenvalue weighted by Crippen LogP contribution is 2.27. The van der Waals surface area contributed by atoms with Crippen LogP contribution in [0.4, 0.5) is 10.9 Å². The maximum absolute atomic E-state index is 5.40. The summed E-state index contributed by atoms with van der Waals surface area (Å²) >= 11 is 1.53. The van der Waals surface area contributed by atoms with E-state index in [1.807, 2.05) is 50.4 Å². The summed E-state index contributed by atoms with van der Waals surface area (Å²) in [6, 6.07) is 7.87. The Bertz CT molecular complexity index is 799. The molecule has 0 saturated carbocycles. The number of ether oxygens (including phenoxy) is 1. The first kappa shape index (κ1) is 15.4. The van der Waals surface area contributed by atoms with Crippen LogP contribution >= 0.6 is 11.3 Å². The van der Waals surface area contributed by atoms with Crippen molar-refractivity contribution in [2.45, 2.75) is 20.8 Å². The van der Waals surface area contributed by atoms with Gasteiger partial charge in [0.2, 0.25) is 0 Å². The summed E-state index contributed by atoms with van der Waals surface area (Å²) in [5.74, 6) is 1.61. The predicted octanol–water partition coefficient (Wildman–Crippen LogP) is 4.36. The molecule has 0 aliphatic carbocycles. The Hall–Kier alpha value is -2.47. The van der Waals surface area contributed by atoms with E-state index in [-0.39, 0.29) is 0 Å². The van der Waals surface area contributed by atoms with Gasteiger partial charge < -0.3 is 10.1 Å². The van der Waals surface area contributed by atoms with Crippen molar-refractivity contribution >= 4 is 22.3 Å². The van der Waals surface area contributed by atoms with E-state index in [9.17, 15) is 0 Å². The van der Waals surface area contributed by atoms with Crippen molar-refractivity contribution in [2.75, 3.05) is 11.9 Å². The molecule has 0 amide bonds. The second-order valence-corrected chi connectivity index (χ2v) is 5.95. The van der Waals surface area contributed by atoms with Gasteiger partial charge in [-0.05, 0) is 44.5 Å². The Morgan fingerprint density at radius 2 is 1.96 bits per heavy atom. The van der Waals surface area contributed by atoms with E-state index < -0.39 is 0 Å². The van der Waals surface area contributed by atoms with Crippen LogP contribution in [0, 0.1) is 13.8 Å². The van der Waals surface area contributed by atoms with Gasteiger partial charge in [0.05, 0.1) is 18.5 Å². The molecule has 0 atom stereocenters. The van der Waals surface area contributed by atoms with Gasteiger partial charge in [-0.15, -0.1) is 11.3 Å². The van der Waals surface area contributed by atoms with Gasteiger partial charge in [-0.2, -0.15) is 0 Å². The molecular weight excluding hydrogens is 308 g/mol. The number of pyridine rings is 2. The molecule has 3 aromatic heterocycles. The average Bonchev–Trinajstić information content (AvgIpc) is 3.01. The fourth-order valence-corrected chi connectivity index (χ4v) is 2.79. The van der Waals surface area contributed by atoms with Crippen LogP contribution in [0.2, 0.25) is 0 Å². The standard InChI is InChI=1S/C17H18N4OS/c1-4-22-13-7-8-14(18-9-13)15-10-23-17(20-15)21-16-11(2)5-6-12(3)19-16/h5-10H,4H2,1-3H3,(H,19,20,21). The maximum atomic E-state index is 5.40. The largest absolute Gasteiger partial charge is 0.492 e. The van der Waals surface area contributed by atoms with Crippen LogP contribution in [0.5, 0.6) is 5.75 Å². The van der Waals surface area contributed by atoms with Crippen LogP contribution in [-0.2, 0) is 0 Å². The molecule has 118 valence electrons. The zero-order valence-electron chi connectivity index (χ0n) is 13.3. The molecule has 0 aromatic carbocycles. The summed E-state index contributed by atoms with van der Waals surface area (Å²) in [5, 5.41) is 6.06. The first-order chi connectivity index (χ1) is 11.2. The first-order valence-corrected chi connectivity index (χ1v) is 8.29. The van der Waals surface area contributed by atoms with Crippen molar-refractivity contribution < 1.29 is 4.74 Å². The maximum Gasteiger partial charge on any atom is 0.188 e. The number of nitrogens with zero attached hydrogens (tertiary/aromatic N) is 3. The Kier molecular flexibility index (Phi) is 4.52. The van der Waals surface area contributed by atoms with E-state index in [1.54, 1.807) is 6.20 Å². The molecule has 3 rings (SSSR count). The van der Waals surface area contributed by atoms with E-state index in [1.165, 1.54) is 11.3 Å². The quantitative estimate of drug-likeness (QED) is 0.755. The molecule has 5 nitrogen and oxygen atoms in total. The molecule has 0 fully saturated rings. The van der Waals surface area contributed by atoms with Crippen molar-refractivity contribution in [1.82, 2.24) is 15.0 Å². The van der Waals surface area contributed by atoms with Gasteiger partial charge >= 0.3 is 0 Å². The summed E-state index contributed by atoms with van der Waals surface area (Å²) in [6.45, 7) is 6.58. The number of aryl methyl sites for hydroxylation is 2. The van der Waals surface area contributed by atoms with Crippen LogP contribution < -0.4 is 10.1 Å². The SMILES string of the molecule is CCOc1ccc(-c2csc(Nc3nc(C)ccc3C)n2)nc1. The van der Waals surface area contributed by atoms with E-state index in [0.717, 1.165) is 39.3 Å². The molecule has 1 N–H and O–H groups in total. The van der Waals surface area contributed by atoms with E-state index in [0.29, 0.717) is 6.61 Å². The van der Waals surface area contributed by atoms with E-state index >= 15 is 0 Å². The van der Waals surface area contributed by atoms with Crippen molar-refractivity contribution in [3.63, 3.8) is 0 Å². The number of hydrogen-bond acceptors (Lipinski definition) is 6. The fourth-order valence-electron chi connectivity index (χ4n) is 2.09. The third-order valence-electron chi connectivity index (χ3n) is 3.28. The molecule has 23 heavy (non-hydrogen) atoms. The Morgan fingerprint density at radius 1 is 1.09 bits per heavy atom. The zero-order valence-corrected chi connectivity index (χ0v) is 14.1. The zero-order chi connectivity index (χ0) is 16.2. The molecule has 3 aromatic rings. The van der Waals surface area contributed by atoms with Gasteiger partial charge in [0.1, 0.15) is 17.3 Å². The molecule has 3 heterocycles. The van der Waals surface area contributed by atoms with Crippen molar-refractivity contribution in [1.29, 1.82) is 0 Å². The van der Waals surface area contributed by atoms with Gasteiger partial charge in [-0.3, -0.25) is 4.98 Å². The molecule has 0 saturated heterocycles. The fraction of sp³-hybridized carbons (Fsp3) is 0.235. The normalized spacial score (nSPS) is 10.6. The highest BCUT2D eigenvalue weighted by molar-refractivity contribution is 7.14. The van der Waals surface area contributed by atoms with Gasteiger partial charge in [-0.25, -0.2) is 9.97 Å². The highest BCUT2D eigenvalue weighted by atomic mass is 32.1. The van der Waals surface area contributed by atoms with Crippen LogP contribution in [-0.4, -0.2) is 21.6 Å². The lowest BCUT2D eigenvalue weighted by molar-refractivity contribution is 0.339. The number of aromatic nitrogens is 3. The van der Waals surface area contributed by atoms with Crippen LogP contribution in [0.25, 0.3) is 11.4 Å². The number of rotatable bonds is 5. The third-order valence-corrected chi connectivity index (χ3v) is 4.03. The van der Waals surface area contributed by atoms with Gasteiger partial charge in [-0.1, -0.05) is 6.07 Å². The number of thiazole rings is 1. The van der Waals surface area contributed by atoms with Crippen LogP contribution in [0.3, 0.4) is 0 Å². The Balaban J connectivity index is 1.78. The number of anilines is 2. The second kappa shape index (κ2) is 6.75. The average molecular weight is 326 g/mol. The van der Waals surface area contributed by atoms with Gasteiger partial charge in [0.15, 0.2) is 5.13 Å². The van der Waals surface area contributed by atoms with E-state index in [4.69, 9.17) is 4.74 Å². The minimum absolute atomic E-state index is 0.634. The molecule has 0 aliphatic rings. The van der Waals surface area contributed by atoms with Crippen LogP contribution in [0.1, 0.15) is 18.2 Å². The van der Waals surface area contributed by atoms with Gasteiger partial charge in [0, 0.05) is 11.1 Å². The molecule has 0 unspecified atom stereocenters. The van der Waals surface area contributed by atoms with Crippen LogP contribution in [0.15, 0.2) is 35.8 Å². The number of hydrogen-bond donors (Lipinski definition) is 1. The summed E-state index contributed by atoms with van der Waals surface area (Å²) < 4.78 is 5.40. The van der Waals surface area contributed by atoms with Gasteiger partial charge in [0.25, 0.3) is 0 Å². The topological polar surface area (TPSA) is 59.9 Å². The first-order valence-electron chi connectivity index (χ1n) is 7.41. The van der Waals surface area contributed by atoms with Crippen molar-refractivity contribution in [3.05, 3.63) is 47.1 Å². The van der Waals surface area contributed by atoms with Crippen molar-refractivity contribution in [3.8, 4) is 17.1 Å². The lowest BCUT2D eigenvalue weighted by Crippen LogP contribution is -1.97. The predicted molar refractivity (Wildman–Crippen MR) is 93.5 cm³/mol. The van der Waals surface area contributed by atoms with Crippen molar-refractivity contribution in [2.24, 2.45) is 0 Å². The summed E-state index contributed by atoms with van der Waals surface area (Å²) in [6.07, 6.45) is 1.72. The number of nitrogens with one attached hydrogen (secondary N) is 1. The molecule has 6 heteroatoms. The smallest absolute Gasteiger partial charge is 0.188 e. The summed E-state index contributed by atoms with van der Waals surface area (Å²) in [5.41, 5.74) is 3.73. The molecule has 0 bridgehead atoms. The molecule has 0 spiro atoms. The van der Waals surface area contributed by atoms with E-state index in [2.05, 4.69) is 20.3 Å². The second-order valence-electron chi connectivity index (χ2n) is 5.09. The monoisotopic (exact) mass is 326 g/mol. The minimum atomic E-state index is 0.634. The Labute approximate surface area is 139 Å². The lowest BCUT2D eigenvalue weighted by Gasteiger charge is -2.06. The molecular formula is C17H18N4OS. The summed E-state index contributed by atoms with van der Waals surface area (Å²) in [4.78, 5) is 13.5. The Morgan fingerprint density at radius 3 is 2.70 bits per heavy atom. The summed E-state index contributed by atoms with van der Waals surface area (Å²) in [7, 11) is 0. The lowest BCUT2D eigenvalue weighted by atomic mass is 10.2. The molecule has 0 aliphatic heterocycles. The molecule has 0 radical (unpaired) electrons. The third kappa shape index (κ3) is 3.65. The minimum Gasteiger partial charge on any atom is -0.492 e. The highest BCUT2D eigenvalue weighted by Gasteiger charge is 2.08.